The molecule has 0 aliphatic rings. The van der Waals surface area contributed by atoms with E-state index in [4.69, 9.17) is 19.4 Å². The van der Waals surface area contributed by atoms with E-state index in [1.165, 1.54) is 16.3 Å². The molecule has 5 nitrogen and oxygen atoms in total. The van der Waals surface area contributed by atoms with Crippen molar-refractivity contribution in [3.8, 4) is 84.4 Å². The summed E-state index contributed by atoms with van der Waals surface area (Å²) in [6.45, 7) is 0. The molecular weight excluding hydrogens is 829 g/mol. The number of aromatic nitrogens is 4. The summed E-state index contributed by atoms with van der Waals surface area (Å²) in [5, 5.41) is 4.49. The fourth-order valence-corrected chi connectivity index (χ4v) is 9.90. The largest absolute Gasteiger partial charge is 0.455 e. The molecule has 0 fully saturated rings. The number of furan rings is 1. The van der Waals surface area contributed by atoms with Gasteiger partial charge in [-0.15, -0.1) is 0 Å². The molecular formula is C63H40N4O. The van der Waals surface area contributed by atoms with Crippen molar-refractivity contribution in [3.05, 3.63) is 243 Å². The average Bonchev–Trinajstić information content (AvgIpc) is 3.97. The monoisotopic (exact) mass is 868 g/mol. The molecule has 0 spiro atoms. The third-order valence-electron chi connectivity index (χ3n) is 13.1. The molecule has 10 aromatic carbocycles. The molecule has 0 atom stereocenters. The van der Waals surface area contributed by atoms with Gasteiger partial charge in [-0.3, -0.25) is 0 Å². The quantitative estimate of drug-likeness (QED) is 0.153. The summed E-state index contributed by atoms with van der Waals surface area (Å²) in [5.74, 6) is 1.71. The Bertz CT molecular complexity index is 4010. The molecule has 13 aromatic rings. The minimum absolute atomic E-state index is 0.547. The van der Waals surface area contributed by atoms with Crippen LogP contribution in [-0.4, -0.2) is 19.5 Å². The van der Waals surface area contributed by atoms with Gasteiger partial charge in [-0.05, 0) is 105 Å². The molecule has 0 aliphatic heterocycles. The van der Waals surface area contributed by atoms with Crippen LogP contribution in [0.4, 0.5) is 0 Å². The molecule has 318 valence electrons. The minimum Gasteiger partial charge on any atom is -0.455 e. The van der Waals surface area contributed by atoms with E-state index in [9.17, 15) is 0 Å². The van der Waals surface area contributed by atoms with Gasteiger partial charge in [-0.2, -0.15) is 0 Å². The number of para-hydroxylation sites is 4. The number of nitrogens with zero attached hydrogens (tertiary/aromatic N) is 4. The smallest absolute Gasteiger partial charge is 0.167 e. The SMILES string of the molecule is c1ccc(-c2cc(-c3cccc(-c4nc(-c5ccccc5)nc(-c5cccc6c5oc5ccccc56)n4)c3)c(-c3ccccc3)c(-c3ccc4c(c3)c3ccccc3n4-c3ccccc3)c2)cc1. The number of hydrogen-bond acceptors (Lipinski definition) is 4. The van der Waals surface area contributed by atoms with E-state index >= 15 is 0 Å². The van der Waals surface area contributed by atoms with Crippen molar-refractivity contribution in [1.82, 2.24) is 19.5 Å². The predicted molar refractivity (Wildman–Crippen MR) is 279 cm³/mol. The fourth-order valence-electron chi connectivity index (χ4n) is 9.90. The molecule has 0 amide bonds. The van der Waals surface area contributed by atoms with Crippen molar-refractivity contribution >= 4 is 43.7 Å². The predicted octanol–water partition coefficient (Wildman–Crippen LogP) is 16.5. The van der Waals surface area contributed by atoms with Gasteiger partial charge in [0, 0.05) is 38.4 Å². The third-order valence-corrected chi connectivity index (χ3v) is 13.1. The lowest BCUT2D eigenvalue weighted by Crippen LogP contribution is -2.00. The minimum atomic E-state index is 0.547. The summed E-state index contributed by atoms with van der Waals surface area (Å²) in [7, 11) is 0. The summed E-state index contributed by atoms with van der Waals surface area (Å²) in [6.07, 6.45) is 0. The first-order chi connectivity index (χ1) is 33.7. The molecule has 68 heavy (non-hydrogen) atoms. The molecule has 0 bridgehead atoms. The van der Waals surface area contributed by atoms with E-state index in [0.717, 1.165) is 94.3 Å². The maximum Gasteiger partial charge on any atom is 0.167 e. The number of rotatable bonds is 8. The van der Waals surface area contributed by atoms with E-state index in [0.29, 0.717) is 17.5 Å². The Hall–Kier alpha value is -9.19. The average molecular weight is 869 g/mol. The lowest BCUT2D eigenvalue weighted by atomic mass is 9.84. The van der Waals surface area contributed by atoms with Crippen LogP contribution in [0.3, 0.4) is 0 Å². The molecule has 0 aliphatic carbocycles. The first-order valence-electron chi connectivity index (χ1n) is 22.9. The molecule has 0 radical (unpaired) electrons. The fraction of sp³-hybridized carbons (Fsp3) is 0. The summed E-state index contributed by atoms with van der Waals surface area (Å²) >= 11 is 0. The maximum atomic E-state index is 6.52. The third kappa shape index (κ3) is 6.76. The number of hydrogen-bond donors (Lipinski definition) is 0. The van der Waals surface area contributed by atoms with E-state index in [1.54, 1.807) is 0 Å². The van der Waals surface area contributed by atoms with Crippen molar-refractivity contribution in [2.75, 3.05) is 0 Å². The van der Waals surface area contributed by atoms with Gasteiger partial charge in [0.05, 0.1) is 16.6 Å². The Labute approximate surface area is 392 Å². The van der Waals surface area contributed by atoms with Gasteiger partial charge in [0.15, 0.2) is 17.5 Å². The highest BCUT2D eigenvalue weighted by molar-refractivity contribution is 6.12. The van der Waals surface area contributed by atoms with Gasteiger partial charge in [0.25, 0.3) is 0 Å². The highest BCUT2D eigenvalue weighted by Crippen LogP contribution is 2.46. The van der Waals surface area contributed by atoms with Crippen LogP contribution >= 0.6 is 0 Å². The van der Waals surface area contributed by atoms with Crippen molar-refractivity contribution in [2.24, 2.45) is 0 Å². The Balaban J connectivity index is 1.04. The van der Waals surface area contributed by atoms with Crippen molar-refractivity contribution in [3.63, 3.8) is 0 Å². The Kier molecular flexibility index (Phi) is 9.43. The Morgan fingerprint density at radius 3 is 1.57 bits per heavy atom. The molecule has 0 saturated heterocycles. The van der Waals surface area contributed by atoms with Crippen LogP contribution in [0.25, 0.3) is 128 Å². The van der Waals surface area contributed by atoms with Crippen molar-refractivity contribution in [1.29, 1.82) is 0 Å². The van der Waals surface area contributed by atoms with Gasteiger partial charge in [-0.25, -0.2) is 15.0 Å². The molecule has 0 N–H and O–H groups in total. The Morgan fingerprint density at radius 1 is 0.294 bits per heavy atom. The first-order valence-corrected chi connectivity index (χ1v) is 22.9. The van der Waals surface area contributed by atoms with Crippen LogP contribution < -0.4 is 0 Å². The normalized spacial score (nSPS) is 11.5. The molecule has 3 aromatic heterocycles. The van der Waals surface area contributed by atoms with Gasteiger partial charge >= 0.3 is 0 Å². The van der Waals surface area contributed by atoms with Crippen LogP contribution in [0.1, 0.15) is 0 Å². The van der Waals surface area contributed by atoms with E-state index in [2.05, 4.69) is 187 Å². The summed E-state index contributed by atoms with van der Waals surface area (Å²) in [4.78, 5) is 15.6. The van der Waals surface area contributed by atoms with Crippen molar-refractivity contribution < 1.29 is 4.42 Å². The van der Waals surface area contributed by atoms with Gasteiger partial charge in [-0.1, -0.05) is 182 Å². The second kappa shape index (κ2) is 16.4. The molecule has 13 rings (SSSR count). The molecule has 0 saturated carbocycles. The summed E-state index contributed by atoms with van der Waals surface area (Å²) in [6, 6.07) is 85.6. The van der Waals surface area contributed by atoms with Crippen LogP contribution in [0.5, 0.6) is 0 Å². The first kappa shape index (κ1) is 39.2. The number of benzene rings is 10. The highest BCUT2D eigenvalue weighted by atomic mass is 16.3. The lowest BCUT2D eigenvalue weighted by molar-refractivity contribution is 0.669. The van der Waals surface area contributed by atoms with Gasteiger partial charge in [0.1, 0.15) is 11.2 Å². The zero-order valence-electron chi connectivity index (χ0n) is 36.8. The topological polar surface area (TPSA) is 56.7 Å². The molecule has 0 unspecified atom stereocenters. The van der Waals surface area contributed by atoms with Crippen LogP contribution in [0, 0.1) is 0 Å². The van der Waals surface area contributed by atoms with Crippen LogP contribution in [0.15, 0.2) is 247 Å². The van der Waals surface area contributed by atoms with E-state index < -0.39 is 0 Å². The summed E-state index contributed by atoms with van der Waals surface area (Å²) < 4.78 is 8.89. The van der Waals surface area contributed by atoms with Gasteiger partial charge < -0.3 is 8.98 Å². The van der Waals surface area contributed by atoms with E-state index in [-0.39, 0.29) is 0 Å². The molecule has 3 heterocycles. The van der Waals surface area contributed by atoms with Crippen LogP contribution in [0.2, 0.25) is 0 Å². The van der Waals surface area contributed by atoms with E-state index in [1.807, 2.05) is 60.7 Å². The second-order valence-corrected chi connectivity index (χ2v) is 17.1. The zero-order valence-corrected chi connectivity index (χ0v) is 36.8. The van der Waals surface area contributed by atoms with Crippen LogP contribution in [-0.2, 0) is 0 Å². The van der Waals surface area contributed by atoms with Gasteiger partial charge in [0.2, 0.25) is 0 Å². The zero-order chi connectivity index (χ0) is 45.0. The Morgan fingerprint density at radius 2 is 0.824 bits per heavy atom. The highest BCUT2D eigenvalue weighted by Gasteiger charge is 2.22. The maximum absolute atomic E-state index is 6.52. The second-order valence-electron chi connectivity index (χ2n) is 17.1. The number of fused-ring (bicyclic) bond motifs is 6. The van der Waals surface area contributed by atoms with Crippen molar-refractivity contribution in [2.45, 2.75) is 0 Å². The summed E-state index contributed by atoms with van der Waals surface area (Å²) in [5.41, 5.74) is 16.6. The molecule has 5 heteroatoms. The standard InChI is InChI=1S/C63H40N4O/c1-5-19-41(20-6-1)47-39-53(59(42-21-7-2-8-22-42)54(40-47)45-35-36-57-55(38-45)49-29-13-15-33-56(49)67(57)48-27-11-4-12-28-48)44-25-17-26-46(37-44)62-64-61(43-23-9-3-10-24-43)65-63(66-62)52-32-18-31-51-50-30-14-16-34-58(50)68-60(51)52/h1-40H. The lowest BCUT2D eigenvalue weighted by Gasteiger charge is -2.20.